The van der Waals surface area contributed by atoms with Crippen molar-refractivity contribution in [2.45, 2.75) is 39.3 Å². The summed E-state index contributed by atoms with van der Waals surface area (Å²) in [5.41, 5.74) is 0.244. The zero-order chi connectivity index (χ0) is 21.7. The van der Waals surface area contributed by atoms with Crippen molar-refractivity contribution in [3.8, 4) is 11.5 Å². The zero-order valence-corrected chi connectivity index (χ0v) is 16.0. The Kier molecular flexibility index (Phi) is 6.73. The molecule has 9 heteroatoms. The molecule has 2 rings (SSSR count). The van der Waals surface area contributed by atoms with Crippen LogP contribution in [-0.4, -0.2) is 24.3 Å². The van der Waals surface area contributed by atoms with Crippen LogP contribution < -0.4 is 14.8 Å². The van der Waals surface area contributed by atoms with Crippen LogP contribution in [0.4, 0.5) is 23.7 Å². The van der Waals surface area contributed by atoms with Crippen LogP contribution in [0.1, 0.15) is 36.7 Å². The number of alkyl halides is 3. The average Bonchev–Trinajstić information content (AvgIpc) is 2.58. The second-order valence-electron chi connectivity index (χ2n) is 6.98. The molecule has 0 aliphatic carbocycles. The second kappa shape index (κ2) is 8.85. The number of nitrogens with one attached hydrogen (secondary N) is 1. The highest BCUT2D eigenvalue weighted by Gasteiger charge is 2.32. The van der Waals surface area contributed by atoms with Gasteiger partial charge in [-0.05, 0) is 56.7 Å². The monoisotopic (exact) mass is 411 g/mol. The first-order valence-corrected chi connectivity index (χ1v) is 8.52. The van der Waals surface area contributed by atoms with Crippen molar-refractivity contribution >= 4 is 18.1 Å². The molecule has 0 spiro atoms. The normalized spacial score (nSPS) is 11.5. The Bertz CT molecular complexity index is 875. The number of ether oxygens (including phenoxy) is 3. The van der Waals surface area contributed by atoms with Gasteiger partial charge < -0.3 is 14.2 Å². The van der Waals surface area contributed by atoms with Crippen molar-refractivity contribution in [2.75, 3.05) is 5.32 Å². The van der Waals surface area contributed by atoms with Crippen LogP contribution in [0.15, 0.2) is 42.5 Å². The number of anilines is 1. The highest BCUT2D eigenvalue weighted by molar-refractivity contribution is 5.85. The van der Waals surface area contributed by atoms with E-state index in [1.807, 2.05) is 0 Å². The standard InChI is InChI=1S/C20H20F3NO5/c1-19(2,3)29-18(26)24-15-6-4-5-13(9-15)12-27-16-7-8-17(14(10-16)11-25)28-20(21,22)23/h4-11H,12H2,1-3H3,(H,24,26). The lowest BCUT2D eigenvalue weighted by Gasteiger charge is -2.19. The summed E-state index contributed by atoms with van der Waals surface area (Å²) in [6.07, 6.45) is -5.26. The van der Waals surface area contributed by atoms with Gasteiger partial charge in [-0.1, -0.05) is 12.1 Å². The molecule has 0 aliphatic rings. The number of amides is 1. The van der Waals surface area contributed by atoms with E-state index in [-0.39, 0.29) is 24.2 Å². The Hall–Kier alpha value is -3.23. The summed E-state index contributed by atoms with van der Waals surface area (Å²) in [5.74, 6) is -0.421. The third-order valence-corrected chi connectivity index (χ3v) is 3.31. The molecule has 0 radical (unpaired) electrons. The fourth-order valence-corrected chi connectivity index (χ4v) is 2.25. The fraction of sp³-hybridized carbons (Fsp3) is 0.300. The molecule has 0 aromatic heterocycles. The average molecular weight is 411 g/mol. The van der Waals surface area contributed by atoms with Crippen molar-refractivity contribution in [3.63, 3.8) is 0 Å². The van der Waals surface area contributed by atoms with E-state index in [2.05, 4.69) is 10.1 Å². The molecule has 0 aliphatic heterocycles. The van der Waals surface area contributed by atoms with E-state index in [0.717, 1.165) is 12.1 Å². The Morgan fingerprint density at radius 3 is 2.45 bits per heavy atom. The third kappa shape index (κ3) is 7.73. The van der Waals surface area contributed by atoms with Crippen LogP contribution in [0.2, 0.25) is 0 Å². The molecule has 0 fully saturated rings. The number of benzene rings is 2. The topological polar surface area (TPSA) is 73.9 Å². The van der Waals surface area contributed by atoms with Crippen molar-refractivity contribution < 1.29 is 37.0 Å². The quantitative estimate of drug-likeness (QED) is 0.651. The van der Waals surface area contributed by atoms with E-state index in [1.165, 1.54) is 6.07 Å². The van der Waals surface area contributed by atoms with Crippen LogP contribution in [0, 0.1) is 0 Å². The molecule has 156 valence electrons. The molecule has 1 N–H and O–H groups in total. The number of hydrogen-bond donors (Lipinski definition) is 1. The summed E-state index contributed by atoms with van der Waals surface area (Å²) in [7, 11) is 0. The number of carbonyl (C=O) groups excluding carboxylic acids is 2. The van der Waals surface area contributed by atoms with Crippen LogP contribution >= 0.6 is 0 Å². The molecule has 0 atom stereocenters. The lowest BCUT2D eigenvalue weighted by Crippen LogP contribution is -2.27. The van der Waals surface area contributed by atoms with E-state index in [9.17, 15) is 22.8 Å². The maximum Gasteiger partial charge on any atom is 0.573 e. The van der Waals surface area contributed by atoms with Gasteiger partial charge >= 0.3 is 12.5 Å². The second-order valence-corrected chi connectivity index (χ2v) is 6.98. The first-order valence-electron chi connectivity index (χ1n) is 8.52. The van der Waals surface area contributed by atoms with Crippen molar-refractivity contribution in [1.29, 1.82) is 0 Å². The number of rotatable bonds is 6. The van der Waals surface area contributed by atoms with Gasteiger partial charge in [0.05, 0.1) is 5.56 Å². The van der Waals surface area contributed by atoms with Crippen molar-refractivity contribution in [3.05, 3.63) is 53.6 Å². The molecule has 0 bridgehead atoms. The molecule has 6 nitrogen and oxygen atoms in total. The smallest absolute Gasteiger partial charge is 0.489 e. The lowest BCUT2D eigenvalue weighted by molar-refractivity contribution is -0.274. The van der Waals surface area contributed by atoms with Gasteiger partial charge in [-0.25, -0.2) is 4.79 Å². The maximum absolute atomic E-state index is 12.3. The van der Waals surface area contributed by atoms with Gasteiger partial charge in [0.15, 0.2) is 6.29 Å². The summed E-state index contributed by atoms with van der Waals surface area (Å²) >= 11 is 0. The molecule has 0 heterocycles. The van der Waals surface area contributed by atoms with E-state index in [4.69, 9.17) is 9.47 Å². The van der Waals surface area contributed by atoms with Crippen LogP contribution in [0.25, 0.3) is 0 Å². The Balaban J connectivity index is 2.03. The van der Waals surface area contributed by atoms with Crippen LogP contribution in [-0.2, 0) is 11.3 Å². The largest absolute Gasteiger partial charge is 0.573 e. The minimum absolute atomic E-state index is 0.0572. The predicted octanol–water partition coefficient (Wildman–Crippen LogP) is 5.32. The molecule has 0 unspecified atom stereocenters. The Labute approximate surface area is 165 Å². The summed E-state index contributed by atoms with van der Waals surface area (Å²) in [6.45, 7) is 5.29. The van der Waals surface area contributed by atoms with Crippen molar-refractivity contribution in [2.24, 2.45) is 0 Å². The Morgan fingerprint density at radius 1 is 1.10 bits per heavy atom. The predicted molar refractivity (Wildman–Crippen MR) is 99.1 cm³/mol. The van der Waals surface area contributed by atoms with E-state index >= 15 is 0 Å². The van der Waals surface area contributed by atoms with Crippen molar-refractivity contribution in [1.82, 2.24) is 0 Å². The Morgan fingerprint density at radius 2 is 1.83 bits per heavy atom. The molecule has 0 saturated carbocycles. The van der Waals surface area contributed by atoms with Gasteiger partial charge in [0.25, 0.3) is 0 Å². The summed E-state index contributed by atoms with van der Waals surface area (Å²) in [4.78, 5) is 22.9. The molecular weight excluding hydrogens is 391 g/mol. The van der Waals surface area contributed by atoms with E-state index in [0.29, 0.717) is 11.3 Å². The van der Waals surface area contributed by atoms with Gasteiger partial charge in [0, 0.05) is 5.69 Å². The van der Waals surface area contributed by atoms with Crippen LogP contribution in [0.3, 0.4) is 0 Å². The number of aldehydes is 1. The first kappa shape index (κ1) is 22.1. The van der Waals surface area contributed by atoms with Gasteiger partial charge in [0.2, 0.25) is 0 Å². The summed E-state index contributed by atoms with van der Waals surface area (Å²) in [6, 6.07) is 10.2. The zero-order valence-electron chi connectivity index (χ0n) is 16.0. The van der Waals surface area contributed by atoms with E-state index < -0.39 is 23.8 Å². The number of halogens is 3. The SMILES string of the molecule is CC(C)(C)OC(=O)Nc1cccc(COc2ccc(OC(F)(F)F)c(C=O)c2)c1. The number of hydrogen-bond acceptors (Lipinski definition) is 5. The molecule has 2 aromatic carbocycles. The van der Waals surface area contributed by atoms with E-state index in [1.54, 1.807) is 45.0 Å². The maximum atomic E-state index is 12.3. The lowest BCUT2D eigenvalue weighted by atomic mass is 10.2. The molecule has 1 amide bonds. The third-order valence-electron chi connectivity index (χ3n) is 3.31. The first-order chi connectivity index (χ1) is 13.4. The summed E-state index contributed by atoms with van der Waals surface area (Å²) in [5, 5.41) is 2.60. The molecule has 2 aromatic rings. The fourth-order valence-electron chi connectivity index (χ4n) is 2.25. The van der Waals surface area contributed by atoms with Gasteiger partial charge in [-0.3, -0.25) is 10.1 Å². The minimum Gasteiger partial charge on any atom is -0.489 e. The van der Waals surface area contributed by atoms with Gasteiger partial charge in [-0.15, -0.1) is 13.2 Å². The summed E-state index contributed by atoms with van der Waals surface area (Å²) < 4.78 is 51.5. The highest BCUT2D eigenvalue weighted by Crippen LogP contribution is 2.29. The number of carbonyl (C=O) groups is 2. The minimum atomic E-state index is -4.90. The van der Waals surface area contributed by atoms with Gasteiger partial charge in [0.1, 0.15) is 23.7 Å². The van der Waals surface area contributed by atoms with Crippen LogP contribution in [0.5, 0.6) is 11.5 Å². The molecule has 29 heavy (non-hydrogen) atoms. The molecular formula is C20H20F3NO5. The highest BCUT2D eigenvalue weighted by atomic mass is 19.4. The molecule has 0 saturated heterocycles. The van der Waals surface area contributed by atoms with Gasteiger partial charge in [-0.2, -0.15) is 0 Å².